The molecule has 32 heavy (non-hydrogen) atoms. The number of nitrogens with zero attached hydrogens (tertiary/aromatic N) is 2. The Morgan fingerprint density at radius 1 is 1.00 bits per heavy atom. The first-order valence-electron chi connectivity index (χ1n) is 10.2. The Morgan fingerprint density at radius 3 is 2.25 bits per heavy atom. The second-order valence-corrected chi connectivity index (χ2v) is 9.11. The summed E-state index contributed by atoms with van der Waals surface area (Å²) in [5.41, 5.74) is 2.82. The third-order valence-electron chi connectivity index (χ3n) is 4.57. The van der Waals surface area contributed by atoms with Crippen LogP contribution in [0.5, 0.6) is 5.75 Å². The van der Waals surface area contributed by atoms with Crippen molar-refractivity contribution in [3.8, 4) is 5.75 Å². The molecule has 0 saturated carbocycles. The van der Waals surface area contributed by atoms with Gasteiger partial charge in [0.25, 0.3) is 15.9 Å². The van der Waals surface area contributed by atoms with Crippen LogP contribution in [0.2, 0.25) is 0 Å². The number of sulfonamides is 1. The van der Waals surface area contributed by atoms with E-state index >= 15 is 0 Å². The number of anilines is 2. The summed E-state index contributed by atoms with van der Waals surface area (Å²) in [4.78, 5) is 20.9. The van der Waals surface area contributed by atoms with Gasteiger partial charge in [-0.25, -0.2) is 23.1 Å². The molecule has 9 heteroatoms. The van der Waals surface area contributed by atoms with Crippen molar-refractivity contribution in [3.63, 3.8) is 0 Å². The maximum absolute atomic E-state index is 12.6. The zero-order valence-corrected chi connectivity index (χ0v) is 19.2. The summed E-state index contributed by atoms with van der Waals surface area (Å²) < 4.78 is 33.5. The van der Waals surface area contributed by atoms with Crippen LogP contribution in [0.3, 0.4) is 0 Å². The van der Waals surface area contributed by atoms with Crippen molar-refractivity contribution in [2.24, 2.45) is 0 Å². The molecule has 3 rings (SSSR count). The van der Waals surface area contributed by atoms with Gasteiger partial charge in [0.1, 0.15) is 5.75 Å². The summed E-state index contributed by atoms with van der Waals surface area (Å²) in [6.07, 6.45) is -0.199. The van der Waals surface area contributed by atoms with Crippen molar-refractivity contribution >= 4 is 27.6 Å². The third kappa shape index (κ3) is 6.04. The highest BCUT2D eigenvalue weighted by molar-refractivity contribution is 7.92. The number of benzene rings is 2. The number of rotatable bonds is 8. The average molecular weight is 455 g/mol. The van der Waals surface area contributed by atoms with Crippen LogP contribution in [-0.4, -0.2) is 30.4 Å². The molecule has 1 aromatic heterocycles. The summed E-state index contributed by atoms with van der Waals surface area (Å²) in [5.74, 6) is 0.318. The van der Waals surface area contributed by atoms with Crippen LogP contribution in [0, 0.1) is 20.8 Å². The van der Waals surface area contributed by atoms with Crippen LogP contribution in [0.15, 0.2) is 59.5 Å². The van der Waals surface area contributed by atoms with Crippen molar-refractivity contribution in [1.29, 1.82) is 0 Å². The topological polar surface area (TPSA) is 110 Å². The smallest absolute Gasteiger partial charge is 0.265 e. The first-order chi connectivity index (χ1) is 15.2. The maximum Gasteiger partial charge on any atom is 0.265 e. The normalized spacial score (nSPS) is 12.1. The average Bonchev–Trinajstić information content (AvgIpc) is 2.71. The van der Waals surface area contributed by atoms with E-state index in [9.17, 15) is 13.2 Å². The number of hydrogen-bond acceptors (Lipinski definition) is 6. The fourth-order valence-electron chi connectivity index (χ4n) is 3.07. The van der Waals surface area contributed by atoms with E-state index in [-0.39, 0.29) is 16.8 Å². The van der Waals surface area contributed by atoms with Gasteiger partial charge in [0.05, 0.1) is 4.90 Å². The lowest BCUT2D eigenvalue weighted by Crippen LogP contribution is -2.32. The number of nitrogens with one attached hydrogen (secondary N) is 2. The first kappa shape index (κ1) is 23.2. The summed E-state index contributed by atoms with van der Waals surface area (Å²) in [7, 11) is -3.87. The second kappa shape index (κ2) is 9.78. The molecule has 0 saturated heterocycles. The van der Waals surface area contributed by atoms with Gasteiger partial charge in [-0.3, -0.25) is 4.79 Å². The maximum atomic E-state index is 12.6. The Kier molecular flexibility index (Phi) is 7.09. The Balaban J connectivity index is 1.68. The number of carbonyl (C=O) groups is 1. The van der Waals surface area contributed by atoms with Gasteiger partial charge < -0.3 is 10.1 Å². The van der Waals surface area contributed by atoms with Crippen LogP contribution in [0.4, 0.5) is 11.6 Å². The van der Waals surface area contributed by atoms with E-state index in [1.54, 1.807) is 26.0 Å². The summed E-state index contributed by atoms with van der Waals surface area (Å²) in [5, 5.41) is 2.77. The third-order valence-corrected chi connectivity index (χ3v) is 5.92. The summed E-state index contributed by atoms with van der Waals surface area (Å²) in [6, 6.07) is 15.1. The predicted molar refractivity (Wildman–Crippen MR) is 123 cm³/mol. The van der Waals surface area contributed by atoms with Crippen LogP contribution in [0.25, 0.3) is 0 Å². The summed E-state index contributed by atoms with van der Waals surface area (Å²) >= 11 is 0. The molecule has 2 aromatic carbocycles. The van der Waals surface area contributed by atoms with Crippen molar-refractivity contribution < 1.29 is 17.9 Å². The van der Waals surface area contributed by atoms with Crippen LogP contribution in [-0.2, 0) is 14.8 Å². The molecule has 0 aliphatic rings. The van der Waals surface area contributed by atoms with E-state index in [1.807, 2.05) is 32.0 Å². The molecule has 0 spiro atoms. The highest BCUT2D eigenvalue weighted by atomic mass is 32.2. The van der Waals surface area contributed by atoms with Gasteiger partial charge in [-0.2, -0.15) is 0 Å². The molecule has 168 valence electrons. The van der Waals surface area contributed by atoms with E-state index < -0.39 is 16.1 Å². The van der Waals surface area contributed by atoms with Crippen molar-refractivity contribution in [3.05, 3.63) is 71.5 Å². The van der Waals surface area contributed by atoms with Crippen LogP contribution in [0.1, 0.15) is 30.3 Å². The Labute approximate surface area is 188 Å². The van der Waals surface area contributed by atoms with Crippen LogP contribution >= 0.6 is 0 Å². The molecule has 0 fully saturated rings. The molecule has 0 unspecified atom stereocenters. The Morgan fingerprint density at radius 2 is 1.66 bits per heavy atom. The Hall–Kier alpha value is -3.46. The van der Waals surface area contributed by atoms with Gasteiger partial charge in [-0.05, 0) is 75.2 Å². The summed E-state index contributed by atoms with van der Waals surface area (Å²) in [6.45, 7) is 7.33. The molecular weight excluding hydrogens is 428 g/mol. The second-order valence-electron chi connectivity index (χ2n) is 7.42. The van der Waals surface area contributed by atoms with E-state index in [2.05, 4.69) is 20.0 Å². The van der Waals surface area contributed by atoms with Crippen molar-refractivity contribution in [2.75, 3.05) is 10.0 Å². The minimum atomic E-state index is -3.87. The molecular formula is C23H26N4O4S. The highest BCUT2D eigenvalue weighted by Gasteiger charge is 2.20. The molecule has 3 aromatic rings. The lowest BCUT2D eigenvalue weighted by Gasteiger charge is -2.17. The number of aromatic nitrogens is 2. The first-order valence-corrected chi connectivity index (χ1v) is 11.6. The predicted octanol–water partition coefficient (Wildman–Crippen LogP) is 4.00. The number of hydrogen-bond donors (Lipinski definition) is 2. The van der Waals surface area contributed by atoms with E-state index in [0.717, 1.165) is 5.56 Å². The highest BCUT2D eigenvalue weighted by Crippen LogP contribution is 2.19. The van der Waals surface area contributed by atoms with E-state index in [4.69, 9.17) is 4.74 Å². The monoisotopic (exact) mass is 454 g/mol. The molecule has 0 aliphatic carbocycles. The minimum absolute atomic E-state index is 0.0129. The largest absolute Gasteiger partial charge is 0.481 e. The van der Waals surface area contributed by atoms with Gasteiger partial charge in [0, 0.05) is 17.1 Å². The van der Waals surface area contributed by atoms with Gasteiger partial charge in [-0.1, -0.05) is 19.1 Å². The number of aryl methyl sites for hydroxylation is 3. The molecule has 8 nitrogen and oxygen atoms in total. The standard InChI is InChI=1S/C23H26N4O4S/c1-5-21(31-19-8-6-7-15(2)13-19)22(28)26-18-9-11-20(12-10-18)32(29,30)27-23-24-16(3)14-17(4)25-23/h6-14,21H,5H2,1-4H3,(H,26,28)(H,24,25,27)/t21-/m1/s1. The fourth-order valence-corrected chi connectivity index (χ4v) is 4.01. The minimum Gasteiger partial charge on any atom is -0.481 e. The SMILES string of the molecule is CC[C@@H](Oc1cccc(C)c1)C(=O)Nc1ccc(S(=O)(=O)Nc2nc(C)cc(C)n2)cc1. The number of carbonyl (C=O) groups excluding carboxylic acids is 1. The molecule has 0 aliphatic heterocycles. The Bertz CT molecular complexity index is 1190. The zero-order valence-electron chi connectivity index (χ0n) is 18.4. The molecule has 2 N–H and O–H groups in total. The molecule has 0 bridgehead atoms. The van der Waals surface area contributed by atoms with E-state index in [0.29, 0.717) is 29.2 Å². The molecule has 1 amide bonds. The van der Waals surface area contributed by atoms with Gasteiger partial charge >= 0.3 is 0 Å². The number of ether oxygens (including phenoxy) is 1. The fraction of sp³-hybridized carbons (Fsp3) is 0.261. The molecule has 0 radical (unpaired) electrons. The van der Waals surface area contributed by atoms with Gasteiger partial charge in [-0.15, -0.1) is 0 Å². The number of amides is 1. The van der Waals surface area contributed by atoms with Crippen molar-refractivity contribution in [2.45, 2.75) is 45.1 Å². The quantitative estimate of drug-likeness (QED) is 0.532. The molecule has 1 atom stereocenters. The van der Waals surface area contributed by atoms with Crippen LogP contribution < -0.4 is 14.8 Å². The van der Waals surface area contributed by atoms with E-state index in [1.165, 1.54) is 24.3 Å². The lowest BCUT2D eigenvalue weighted by molar-refractivity contribution is -0.122. The van der Waals surface area contributed by atoms with Crippen molar-refractivity contribution in [1.82, 2.24) is 9.97 Å². The lowest BCUT2D eigenvalue weighted by atomic mass is 10.2. The zero-order chi connectivity index (χ0) is 23.3. The van der Waals surface area contributed by atoms with Gasteiger partial charge in [0.2, 0.25) is 5.95 Å². The molecule has 1 heterocycles. The van der Waals surface area contributed by atoms with Gasteiger partial charge in [0.15, 0.2) is 6.10 Å².